The van der Waals surface area contributed by atoms with Gasteiger partial charge >= 0.3 is 6.03 Å². The quantitative estimate of drug-likeness (QED) is 0.692. The molecule has 2 rings (SSSR count). The van der Waals surface area contributed by atoms with Crippen molar-refractivity contribution in [1.29, 1.82) is 0 Å². The third-order valence-electron chi connectivity index (χ3n) is 3.27. The van der Waals surface area contributed by atoms with E-state index in [2.05, 4.69) is 4.98 Å². The first-order valence-corrected chi connectivity index (χ1v) is 5.40. The molecule has 1 aliphatic rings. The van der Waals surface area contributed by atoms with Gasteiger partial charge in [-0.1, -0.05) is 0 Å². The monoisotopic (exact) mass is 233 g/mol. The Morgan fingerprint density at radius 1 is 1.29 bits per heavy atom. The second-order valence-corrected chi connectivity index (χ2v) is 4.70. The Hall–Kier alpha value is -1.91. The molecule has 0 saturated carbocycles. The summed E-state index contributed by atoms with van der Waals surface area (Å²) >= 11 is 0. The number of hydrogen-bond acceptors (Lipinski definition) is 3. The van der Waals surface area contributed by atoms with E-state index >= 15 is 0 Å². The molecule has 0 atom stereocenters. The lowest BCUT2D eigenvalue weighted by Crippen LogP contribution is -2.41. The van der Waals surface area contributed by atoms with Crippen LogP contribution in [0.3, 0.4) is 0 Å². The molecule has 0 N–H and O–H groups in total. The molecule has 5 nitrogen and oxygen atoms in total. The number of pyridine rings is 1. The van der Waals surface area contributed by atoms with Crippen LogP contribution < -0.4 is 4.90 Å². The highest BCUT2D eigenvalue weighted by atomic mass is 16.2. The number of urea groups is 1. The SMILES string of the molecule is Cc1cnccc1N1C(=O)N(C)C(C)(C)C1=O. The maximum absolute atomic E-state index is 12.2. The van der Waals surface area contributed by atoms with Crippen LogP contribution in [0.1, 0.15) is 19.4 Å². The maximum Gasteiger partial charge on any atom is 0.332 e. The van der Waals surface area contributed by atoms with E-state index in [4.69, 9.17) is 0 Å². The predicted octanol–water partition coefficient (Wildman–Crippen LogP) is 1.57. The van der Waals surface area contributed by atoms with Gasteiger partial charge in [-0.05, 0) is 32.4 Å². The molecular weight excluding hydrogens is 218 g/mol. The van der Waals surface area contributed by atoms with E-state index in [1.54, 1.807) is 39.4 Å². The smallest absolute Gasteiger partial charge is 0.313 e. The Balaban J connectivity index is 2.52. The summed E-state index contributed by atoms with van der Waals surface area (Å²) in [5, 5.41) is 0. The highest BCUT2D eigenvalue weighted by Crippen LogP contribution is 2.31. The molecule has 90 valence electrons. The van der Waals surface area contributed by atoms with Gasteiger partial charge in [-0.25, -0.2) is 9.69 Å². The van der Waals surface area contributed by atoms with Gasteiger partial charge in [0.2, 0.25) is 0 Å². The first-order chi connectivity index (χ1) is 7.87. The lowest BCUT2D eigenvalue weighted by atomic mass is 10.0. The summed E-state index contributed by atoms with van der Waals surface area (Å²) in [6, 6.07) is 1.38. The zero-order valence-electron chi connectivity index (χ0n) is 10.4. The van der Waals surface area contributed by atoms with Crippen molar-refractivity contribution < 1.29 is 9.59 Å². The topological polar surface area (TPSA) is 53.5 Å². The summed E-state index contributed by atoms with van der Waals surface area (Å²) in [6.45, 7) is 5.31. The molecule has 1 saturated heterocycles. The van der Waals surface area contributed by atoms with Gasteiger partial charge in [0.1, 0.15) is 5.54 Å². The Labute approximate surface area is 100 Å². The van der Waals surface area contributed by atoms with Crippen molar-refractivity contribution in [3.8, 4) is 0 Å². The number of imide groups is 1. The number of likely N-dealkylation sites (N-methyl/N-ethyl adjacent to an activating group) is 1. The number of carbonyl (C=O) groups excluding carboxylic acids is 2. The van der Waals surface area contributed by atoms with E-state index in [1.807, 2.05) is 6.92 Å². The van der Waals surface area contributed by atoms with Crippen LogP contribution in [0.5, 0.6) is 0 Å². The summed E-state index contributed by atoms with van der Waals surface area (Å²) in [5.41, 5.74) is 0.611. The van der Waals surface area contributed by atoms with Crippen molar-refractivity contribution in [3.05, 3.63) is 24.0 Å². The van der Waals surface area contributed by atoms with Gasteiger partial charge in [0.25, 0.3) is 5.91 Å². The highest BCUT2D eigenvalue weighted by Gasteiger charge is 2.50. The average Bonchev–Trinajstić information content (AvgIpc) is 2.43. The first kappa shape index (κ1) is 11.6. The minimum Gasteiger partial charge on any atom is -0.313 e. The largest absolute Gasteiger partial charge is 0.332 e. The molecule has 0 spiro atoms. The minimum absolute atomic E-state index is 0.209. The highest BCUT2D eigenvalue weighted by molar-refractivity contribution is 6.23. The van der Waals surface area contributed by atoms with Crippen molar-refractivity contribution in [2.45, 2.75) is 26.3 Å². The van der Waals surface area contributed by atoms with Crippen LogP contribution in [0.4, 0.5) is 10.5 Å². The van der Waals surface area contributed by atoms with E-state index in [9.17, 15) is 9.59 Å². The van der Waals surface area contributed by atoms with Crippen molar-refractivity contribution in [2.24, 2.45) is 0 Å². The Bertz CT molecular complexity index is 496. The van der Waals surface area contributed by atoms with Gasteiger partial charge < -0.3 is 4.90 Å². The van der Waals surface area contributed by atoms with Crippen LogP contribution in [0.2, 0.25) is 0 Å². The van der Waals surface area contributed by atoms with Crippen LogP contribution >= 0.6 is 0 Å². The normalized spacial score (nSPS) is 19.1. The third-order valence-corrected chi connectivity index (χ3v) is 3.27. The molecular formula is C12H15N3O2. The zero-order valence-corrected chi connectivity index (χ0v) is 10.4. The second-order valence-electron chi connectivity index (χ2n) is 4.70. The van der Waals surface area contributed by atoms with E-state index in [-0.39, 0.29) is 11.9 Å². The summed E-state index contributed by atoms with van der Waals surface area (Å²) in [7, 11) is 1.64. The van der Waals surface area contributed by atoms with Crippen LogP contribution in [0, 0.1) is 6.92 Å². The fourth-order valence-electron chi connectivity index (χ4n) is 1.82. The number of nitrogens with zero attached hydrogens (tertiary/aromatic N) is 3. The molecule has 0 aliphatic carbocycles. The van der Waals surface area contributed by atoms with Crippen molar-refractivity contribution in [2.75, 3.05) is 11.9 Å². The van der Waals surface area contributed by atoms with Gasteiger partial charge in [0, 0.05) is 19.4 Å². The van der Waals surface area contributed by atoms with E-state index in [0.29, 0.717) is 5.69 Å². The second kappa shape index (κ2) is 3.55. The molecule has 1 aliphatic heterocycles. The van der Waals surface area contributed by atoms with Gasteiger partial charge in [0.15, 0.2) is 0 Å². The van der Waals surface area contributed by atoms with Crippen molar-refractivity contribution in [3.63, 3.8) is 0 Å². The van der Waals surface area contributed by atoms with Crippen LogP contribution in [-0.4, -0.2) is 34.4 Å². The predicted molar refractivity (Wildman–Crippen MR) is 63.7 cm³/mol. The Morgan fingerprint density at radius 2 is 1.94 bits per heavy atom. The summed E-state index contributed by atoms with van der Waals surface area (Å²) < 4.78 is 0. The molecule has 2 heterocycles. The fourth-order valence-corrected chi connectivity index (χ4v) is 1.82. The number of rotatable bonds is 1. The van der Waals surface area contributed by atoms with Gasteiger partial charge in [-0.3, -0.25) is 9.78 Å². The Morgan fingerprint density at radius 3 is 2.41 bits per heavy atom. The van der Waals surface area contributed by atoms with E-state index in [1.165, 1.54) is 9.80 Å². The van der Waals surface area contributed by atoms with Gasteiger partial charge in [-0.2, -0.15) is 0 Å². The zero-order chi connectivity index (χ0) is 12.8. The van der Waals surface area contributed by atoms with E-state index in [0.717, 1.165) is 5.56 Å². The van der Waals surface area contributed by atoms with Gasteiger partial charge in [0.05, 0.1) is 5.69 Å². The molecule has 1 fully saturated rings. The molecule has 1 aromatic rings. The molecule has 17 heavy (non-hydrogen) atoms. The lowest BCUT2D eigenvalue weighted by molar-refractivity contribution is -0.123. The van der Waals surface area contributed by atoms with Crippen LogP contribution in [0.15, 0.2) is 18.5 Å². The lowest BCUT2D eigenvalue weighted by Gasteiger charge is -2.22. The summed E-state index contributed by atoms with van der Waals surface area (Å²) in [5.74, 6) is -0.209. The molecule has 1 aromatic heterocycles. The molecule has 5 heteroatoms. The standard InChI is InChI=1S/C12H15N3O2/c1-8-7-13-6-5-9(8)15-10(16)12(2,3)14(4)11(15)17/h5-7H,1-4H3. The van der Waals surface area contributed by atoms with Gasteiger partial charge in [-0.15, -0.1) is 0 Å². The van der Waals surface area contributed by atoms with E-state index < -0.39 is 5.54 Å². The molecule has 0 radical (unpaired) electrons. The molecule has 0 unspecified atom stereocenters. The third kappa shape index (κ3) is 1.50. The summed E-state index contributed by atoms with van der Waals surface area (Å²) in [4.78, 5) is 31.0. The Kier molecular flexibility index (Phi) is 2.41. The number of hydrogen-bond donors (Lipinski definition) is 0. The molecule has 0 aromatic carbocycles. The number of anilines is 1. The maximum atomic E-state index is 12.2. The summed E-state index contributed by atoms with van der Waals surface area (Å²) in [6.07, 6.45) is 3.22. The number of aryl methyl sites for hydroxylation is 1. The molecule has 3 amide bonds. The minimum atomic E-state index is -0.799. The van der Waals surface area contributed by atoms with Crippen molar-refractivity contribution >= 4 is 17.6 Å². The fraction of sp³-hybridized carbons (Fsp3) is 0.417. The van der Waals surface area contributed by atoms with Crippen LogP contribution in [0.25, 0.3) is 0 Å². The first-order valence-electron chi connectivity index (χ1n) is 5.40. The number of aromatic nitrogens is 1. The average molecular weight is 233 g/mol. The number of carbonyl (C=O) groups is 2. The number of amides is 3. The van der Waals surface area contributed by atoms with Crippen LogP contribution in [-0.2, 0) is 4.79 Å². The molecule has 0 bridgehead atoms. The van der Waals surface area contributed by atoms with Crippen molar-refractivity contribution in [1.82, 2.24) is 9.88 Å².